The van der Waals surface area contributed by atoms with E-state index in [1.165, 1.54) is 83.5 Å². The van der Waals surface area contributed by atoms with Crippen LogP contribution >= 0.6 is 7.82 Å². The van der Waals surface area contributed by atoms with Crippen molar-refractivity contribution >= 4 is 19.8 Å². The number of ether oxygens (including phenoxy) is 2. The van der Waals surface area contributed by atoms with Crippen LogP contribution in [0.5, 0.6) is 0 Å². The maximum atomic E-state index is 12.6. The fourth-order valence-corrected chi connectivity index (χ4v) is 6.18. The second-order valence-electron chi connectivity index (χ2n) is 14.0. The molecule has 55 heavy (non-hydrogen) atoms. The second kappa shape index (κ2) is 39.9. The Kier molecular flexibility index (Phi) is 38.2. The summed E-state index contributed by atoms with van der Waals surface area (Å²) in [5, 5.41) is 18.3. The molecular weight excluding hydrogens is 719 g/mol. The van der Waals surface area contributed by atoms with E-state index in [1.807, 2.05) is 12.2 Å². The van der Waals surface area contributed by atoms with E-state index >= 15 is 0 Å². The van der Waals surface area contributed by atoms with Crippen molar-refractivity contribution in [3.63, 3.8) is 0 Å². The first-order chi connectivity index (χ1) is 26.7. The van der Waals surface area contributed by atoms with Crippen molar-refractivity contribution in [3.05, 3.63) is 60.8 Å². The first kappa shape index (κ1) is 52.7. The number of phosphoric acid groups is 1. The van der Waals surface area contributed by atoms with Gasteiger partial charge in [-0.05, 0) is 51.4 Å². The Balaban J connectivity index is 4.45. The normalized spacial score (nSPS) is 14.5. The molecule has 0 aliphatic carbocycles. The number of carbonyl (C=O) groups is 2. The number of esters is 2. The summed E-state index contributed by atoms with van der Waals surface area (Å²) in [7, 11) is -4.64. The molecule has 3 atom stereocenters. The Hall–Kier alpha value is -2.33. The highest BCUT2D eigenvalue weighted by atomic mass is 31.2. The molecular formula is C44H77O10P. The Morgan fingerprint density at radius 1 is 0.545 bits per heavy atom. The zero-order valence-electron chi connectivity index (χ0n) is 34.4. The number of rotatable bonds is 39. The summed E-state index contributed by atoms with van der Waals surface area (Å²) < 4.78 is 32.6. The van der Waals surface area contributed by atoms with Crippen LogP contribution in [0.2, 0.25) is 0 Å². The molecule has 0 aliphatic rings. The maximum absolute atomic E-state index is 12.6. The van der Waals surface area contributed by atoms with Gasteiger partial charge in [0.05, 0.1) is 19.8 Å². The van der Waals surface area contributed by atoms with E-state index in [0.29, 0.717) is 12.8 Å². The third kappa shape index (κ3) is 39.7. The third-order valence-corrected chi connectivity index (χ3v) is 9.64. The van der Waals surface area contributed by atoms with E-state index in [0.717, 1.165) is 44.9 Å². The second-order valence-corrected chi connectivity index (χ2v) is 15.5. The quantitative estimate of drug-likeness (QED) is 0.0237. The summed E-state index contributed by atoms with van der Waals surface area (Å²) >= 11 is 0. The van der Waals surface area contributed by atoms with Gasteiger partial charge in [-0.1, -0.05) is 164 Å². The van der Waals surface area contributed by atoms with Gasteiger partial charge in [-0.15, -0.1) is 0 Å². The average molecular weight is 797 g/mol. The van der Waals surface area contributed by atoms with Gasteiger partial charge in [-0.2, -0.15) is 0 Å². The Bertz CT molecular complexity index is 1100. The van der Waals surface area contributed by atoms with Crippen molar-refractivity contribution in [2.45, 2.75) is 180 Å². The van der Waals surface area contributed by atoms with Gasteiger partial charge < -0.3 is 24.6 Å². The number of unbranched alkanes of at least 4 members (excludes halogenated alkanes) is 15. The predicted molar refractivity (Wildman–Crippen MR) is 224 cm³/mol. The molecule has 0 aromatic rings. The van der Waals surface area contributed by atoms with Crippen molar-refractivity contribution in [2.75, 3.05) is 26.4 Å². The molecule has 3 N–H and O–H groups in total. The number of hydrogen-bond acceptors (Lipinski definition) is 9. The SMILES string of the molecule is CCCCC/C=C/C/C=C/C/C=C/C/C=C/C/C=C/CCC(=O)O[C@H](COC(=O)CCCCCCCCCCCCCCC)COP(=O)(O)OC[C@@H](O)CO. The van der Waals surface area contributed by atoms with Gasteiger partial charge in [0.1, 0.15) is 12.7 Å². The van der Waals surface area contributed by atoms with E-state index in [-0.39, 0.29) is 19.4 Å². The molecule has 0 amide bonds. The van der Waals surface area contributed by atoms with Crippen LogP contribution in [-0.4, -0.2) is 65.7 Å². The van der Waals surface area contributed by atoms with Crippen LogP contribution in [0.3, 0.4) is 0 Å². The van der Waals surface area contributed by atoms with Crippen molar-refractivity contribution in [1.29, 1.82) is 0 Å². The van der Waals surface area contributed by atoms with Gasteiger partial charge in [0, 0.05) is 12.8 Å². The molecule has 0 fully saturated rings. The summed E-state index contributed by atoms with van der Waals surface area (Å²) in [4.78, 5) is 34.9. The van der Waals surface area contributed by atoms with Gasteiger partial charge in [-0.3, -0.25) is 18.6 Å². The summed E-state index contributed by atoms with van der Waals surface area (Å²) in [5.41, 5.74) is 0. The van der Waals surface area contributed by atoms with Gasteiger partial charge >= 0.3 is 19.8 Å². The fourth-order valence-electron chi connectivity index (χ4n) is 5.39. The third-order valence-electron chi connectivity index (χ3n) is 8.69. The summed E-state index contributed by atoms with van der Waals surface area (Å²) in [5.74, 6) is -1.02. The summed E-state index contributed by atoms with van der Waals surface area (Å²) in [6, 6.07) is 0. The molecule has 0 rings (SSSR count). The van der Waals surface area contributed by atoms with Crippen LogP contribution in [0.15, 0.2) is 60.8 Å². The van der Waals surface area contributed by atoms with Crippen LogP contribution in [0.4, 0.5) is 0 Å². The number of carbonyl (C=O) groups excluding carboxylic acids is 2. The van der Waals surface area contributed by atoms with Gasteiger partial charge in [0.2, 0.25) is 0 Å². The molecule has 318 valence electrons. The monoisotopic (exact) mass is 797 g/mol. The van der Waals surface area contributed by atoms with E-state index in [1.54, 1.807) is 0 Å². The largest absolute Gasteiger partial charge is 0.472 e. The predicted octanol–water partition coefficient (Wildman–Crippen LogP) is 11.1. The van der Waals surface area contributed by atoms with Gasteiger partial charge in [-0.25, -0.2) is 4.57 Å². The number of aliphatic hydroxyl groups excluding tert-OH is 2. The Labute approximate surface area is 334 Å². The highest BCUT2D eigenvalue weighted by Gasteiger charge is 2.27. The molecule has 0 saturated heterocycles. The molecule has 0 aromatic heterocycles. The lowest BCUT2D eigenvalue weighted by atomic mass is 10.0. The standard InChI is InChI=1S/C44H77O10P/c1-3-5-7-9-11-13-15-17-18-19-20-21-22-24-26-28-30-32-34-36-44(48)54-42(40-53-55(49,50)52-38-41(46)37-45)39-51-43(47)35-33-31-29-27-25-23-16-14-12-10-8-6-4-2/h11,13,17-18,20-21,24,26,30,32,41-42,45-46H,3-10,12,14-16,19,22-23,25,27-29,31,33-40H2,1-2H3,(H,49,50)/b13-11+,18-17+,21-20+,26-24+,32-30+/t41-,42+/m0/s1. The van der Waals surface area contributed by atoms with E-state index in [2.05, 4.69) is 67.0 Å². The summed E-state index contributed by atoms with van der Waals surface area (Å²) in [6.07, 6.45) is 43.4. The first-order valence-corrected chi connectivity index (χ1v) is 22.7. The first-order valence-electron chi connectivity index (χ1n) is 21.2. The lowest BCUT2D eigenvalue weighted by molar-refractivity contribution is -0.161. The molecule has 10 nitrogen and oxygen atoms in total. The lowest BCUT2D eigenvalue weighted by Crippen LogP contribution is -2.29. The van der Waals surface area contributed by atoms with Crippen LogP contribution < -0.4 is 0 Å². The highest BCUT2D eigenvalue weighted by Crippen LogP contribution is 2.43. The van der Waals surface area contributed by atoms with Gasteiger partial charge in [0.25, 0.3) is 0 Å². The molecule has 0 radical (unpaired) electrons. The smallest absolute Gasteiger partial charge is 0.462 e. The van der Waals surface area contributed by atoms with E-state index in [4.69, 9.17) is 19.1 Å². The van der Waals surface area contributed by atoms with Crippen LogP contribution in [0, 0.1) is 0 Å². The Morgan fingerprint density at radius 3 is 1.49 bits per heavy atom. The highest BCUT2D eigenvalue weighted by molar-refractivity contribution is 7.47. The van der Waals surface area contributed by atoms with Crippen molar-refractivity contribution < 1.29 is 47.8 Å². The molecule has 0 spiro atoms. The van der Waals surface area contributed by atoms with Crippen LogP contribution in [-0.2, 0) is 32.7 Å². The minimum absolute atomic E-state index is 0.0600. The number of hydrogen-bond donors (Lipinski definition) is 3. The lowest BCUT2D eigenvalue weighted by Gasteiger charge is -2.20. The zero-order chi connectivity index (χ0) is 40.5. The molecule has 0 aromatic carbocycles. The average Bonchev–Trinajstić information content (AvgIpc) is 3.17. The topological polar surface area (TPSA) is 149 Å². The molecule has 0 heterocycles. The van der Waals surface area contributed by atoms with Gasteiger partial charge in [0.15, 0.2) is 6.10 Å². The number of allylic oxidation sites excluding steroid dienone is 10. The van der Waals surface area contributed by atoms with Crippen LogP contribution in [0.25, 0.3) is 0 Å². The molecule has 0 bridgehead atoms. The van der Waals surface area contributed by atoms with E-state index < -0.39 is 51.8 Å². The minimum Gasteiger partial charge on any atom is -0.462 e. The summed E-state index contributed by atoms with van der Waals surface area (Å²) in [6.45, 7) is 2.26. The van der Waals surface area contributed by atoms with Crippen molar-refractivity contribution in [1.82, 2.24) is 0 Å². The number of phosphoric ester groups is 1. The zero-order valence-corrected chi connectivity index (χ0v) is 35.3. The maximum Gasteiger partial charge on any atom is 0.472 e. The molecule has 0 aliphatic heterocycles. The fraction of sp³-hybridized carbons (Fsp3) is 0.727. The molecule has 0 saturated carbocycles. The Morgan fingerprint density at radius 2 is 0.982 bits per heavy atom. The minimum atomic E-state index is -4.64. The van der Waals surface area contributed by atoms with Crippen LogP contribution in [0.1, 0.15) is 168 Å². The van der Waals surface area contributed by atoms with E-state index in [9.17, 15) is 24.2 Å². The van der Waals surface area contributed by atoms with Crippen molar-refractivity contribution in [2.24, 2.45) is 0 Å². The molecule has 1 unspecified atom stereocenters. The van der Waals surface area contributed by atoms with Crippen molar-refractivity contribution in [3.8, 4) is 0 Å². The molecule has 11 heteroatoms. The number of aliphatic hydroxyl groups is 2.